The lowest BCUT2D eigenvalue weighted by Gasteiger charge is -2.18. The number of hydrogen-bond donors (Lipinski definition) is 2. The zero-order valence-corrected chi connectivity index (χ0v) is 17.4. The highest BCUT2D eigenvalue weighted by atomic mass is 35.5. The van der Waals surface area contributed by atoms with Gasteiger partial charge < -0.3 is 20.7 Å². The fourth-order valence-corrected chi connectivity index (χ4v) is 3.63. The molecule has 0 aliphatic carbocycles. The second-order valence-corrected chi connectivity index (χ2v) is 6.84. The summed E-state index contributed by atoms with van der Waals surface area (Å²) >= 11 is 0. The molecule has 1 aromatic heterocycles. The molecule has 0 saturated carbocycles. The molecule has 0 spiro atoms. The van der Waals surface area contributed by atoms with Crippen LogP contribution in [0.15, 0.2) is 42.7 Å². The first-order chi connectivity index (χ1) is 13.2. The van der Waals surface area contributed by atoms with E-state index in [0.717, 1.165) is 24.1 Å². The fraction of sp³-hybridized carbons (Fsp3) is 0.350. The normalized spacial score (nSPS) is 19.7. The van der Waals surface area contributed by atoms with Gasteiger partial charge in [0.05, 0.1) is 11.7 Å². The van der Waals surface area contributed by atoms with Crippen molar-refractivity contribution in [3.05, 3.63) is 53.9 Å². The van der Waals surface area contributed by atoms with Crippen LogP contribution in [0.1, 0.15) is 28.8 Å². The average Bonchev–Trinajstić information content (AvgIpc) is 3.35. The average molecular weight is 439 g/mol. The number of carbonyl (C=O) groups is 2. The monoisotopic (exact) mass is 438 g/mol. The van der Waals surface area contributed by atoms with Gasteiger partial charge in [-0.05, 0) is 55.2 Å². The summed E-state index contributed by atoms with van der Waals surface area (Å²) in [5.74, 6) is -0.210. The van der Waals surface area contributed by atoms with Crippen LogP contribution in [0, 0.1) is 0 Å². The van der Waals surface area contributed by atoms with E-state index in [1.807, 2.05) is 18.2 Å². The van der Waals surface area contributed by atoms with Gasteiger partial charge in [-0.2, -0.15) is 0 Å². The molecule has 7 nitrogen and oxygen atoms in total. The molecule has 3 N–H and O–H groups in total. The molecular weight excluding hydrogens is 415 g/mol. The molecule has 29 heavy (non-hydrogen) atoms. The smallest absolute Gasteiger partial charge is 0.259 e. The zero-order chi connectivity index (χ0) is 18.8. The number of aromatic nitrogens is 1. The van der Waals surface area contributed by atoms with Crippen LogP contribution in [0.4, 0.5) is 11.4 Å². The quantitative estimate of drug-likeness (QED) is 0.763. The predicted molar refractivity (Wildman–Crippen MR) is 116 cm³/mol. The summed E-state index contributed by atoms with van der Waals surface area (Å²) in [4.78, 5) is 30.8. The Morgan fingerprint density at radius 2 is 2.07 bits per heavy atom. The maximum absolute atomic E-state index is 12.7. The third-order valence-electron chi connectivity index (χ3n) is 5.06. The summed E-state index contributed by atoms with van der Waals surface area (Å²) in [7, 11) is 0. The minimum Gasteiger partial charge on any atom is -0.364 e. The van der Waals surface area contributed by atoms with E-state index in [2.05, 4.69) is 10.3 Å². The molecule has 2 atom stereocenters. The first kappa shape index (κ1) is 23.1. The van der Waals surface area contributed by atoms with Crippen LogP contribution in [0.5, 0.6) is 0 Å². The second kappa shape index (κ2) is 10.0. The lowest BCUT2D eigenvalue weighted by atomic mass is 10.1. The maximum atomic E-state index is 12.7. The van der Waals surface area contributed by atoms with E-state index in [1.54, 1.807) is 29.4 Å². The molecule has 9 heteroatoms. The number of fused-ring (bicyclic) bond motifs is 1. The number of halogens is 2. The van der Waals surface area contributed by atoms with Crippen molar-refractivity contribution in [3.63, 3.8) is 0 Å². The number of ether oxygens (including phenoxy) is 1. The summed E-state index contributed by atoms with van der Waals surface area (Å²) in [6, 6.07) is 9.14. The van der Waals surface area contributed by atoms with Crippen molar-refractivity contribution in [2.75, 3.05) is 23.3 Å². The van der Waals surface area contributed by atoms with Crippen LogP contribution in [0.25, 0.3) is 0 Å². The van der Waals surface area contributed by atoms with Gasteiger partial charge in [0.1, 0.15) is 6.10 Å². The van der Waals surface area contributed by atoms with Crippen molar-refractivity contribution in [2.24, 2.45) is 5.73 Å². The number of hydrogen-bond acceptors (Lipinski definition) is 5. The Balaban J connectivity index is 0.00000150. The van der Waals surface area contributed by atoms with E-state index < -0.39 is 6.10 Å². The van der Waals surface area contributed by atoms with Gasteiger partial charge in [0, 0.05) is 36.9 Å². The van der Waals surface area contributed by atoms with Gasteiger partial charge in [-0.25, -0.2) is 0 Å². The Hall–Kier alpha value is -2.19. The molecule has 4 rings (SSSR count). The van der Waals surface area contributed by atoms with Crippen molar-refractivity contribution in [3.8, 4) is 0 Å². The molecule has 1 fully saturated rings. The molecule has 2 aliphatic heterocycles. The van der Waals surface area contributed by atoms with Gasteiger partial charge in [-0.3, -0.25) is 14.6 Å². The van der Waals surface area contributed by atoms with Gasteiger partial charge in [0.2, 0.25) is 0 Å². The van der Waals surface area contributed by atoms with Crippen molar-refractivity contribution in [2.45, 2.75) is 31.5 Å². The Kier molecular flexibility index (Phi) is 7.98. The molecule has 1 aromatic carbocycles. The first-order valence-electron chi connectivity index (χ1n) is 9.17. The fourth-order valence-electron chi connectivity index (χ4n) is 3.63. The van der Waals surface area contributed by atoms with Gasteiger partial charge >= 0.3 is 0 Å². The van der Waals surface area contributed by atoms with E-state index in [-0.39, 0.29) is 42.7 Å². The molecule has 2 amide bonds. The van der Waals surface area contributed by atoms with E-state index in [9.17, 15) is 9.59 Å². The van der Waals surface area contributed by atoms with E-state index in [1.165, 1.54) is 0 Å². The first-order valence-corrected chi connectivity index (χ1v) is 9.17. The number of carbonyl (C=O) groups excluding carboxylic acids is 2. The number of benzene rings is 1. The Morgan fingerprint density at radius 3 is 2.76 bits per heavy atom. The summed E-state index contributed by atoms with van der Waals surface area (Å²) in [6.45, 7) is 1.05. The van der Waals surface area contributed by atoms with Crippen LogP contribution < -0.4 is 16.0 Å². The topological polar surface area (TPSA) is 97.6 Å². The number of anilines is 2. The Labute approximate surface area is 181 Å². The number of nitrogens with two attached hydrogens (primary N) is 1. The highest BCUT2D eigenvalue weighted by Crippen LogP contribution is 2.32. The van der Waals surface area contributed by atoms with Crippen LogP contribution in [0.2, 0.25) is 0 Å². The molecule has 0 unspecified atom stereocenters. The van der Waals surface area contributed by atoms with Crippen LogP contribution >= 0.6 is 24.8 Å². The third kappa shape index (κ3) is 4.87. The lowest BCUT2D eigenvalue weighted by molar-refractivity contribution is -0.126. The summed E-state index contributed by atoms with van der Waals surface area (Å²) in [5.41, 5.74) is 8.80. The number of rotatable bonds is 4. The van der Waals surface area contributed by atoms with Crippen molar-refractivity contribution < 1.29 is 14.3 Å². The summed E-state index contributed by atoms with van der Waals surface area (Å²) in [6.07, 6.45) is 4.98. The SMILES string of the molecule is Cl.Cl.NC[C@H]1CC[C@@H](C(=O)Nc2ccc3c(c2)CCN3C(=O)c2cccnc2)O1. The Morgan fingerprint density at radius 1 is 1.24 bits per heavy atom. The van der Waals surface area contributed by atoms with Gasteiger partial charge in [-0.15, -0.1) is 24.8 Å². The van der Waals surface area contributed by atoms with E-state index in [0.29, 0.717) is 30.8 Å². The van der Waals surface area contributed by atoms with Crippen molar-refractivity contribution in [1.82, 2.24) is 4.98 Å². The summed E-state index contributed by atoms with van der Waals surface area (Å²) < 4.78 is 5.64. The predicted octanol–water partition coefficient (Wildman–Crippen LogP) is 2.57. The van der Waals surface area contributed by atoms with Gasteiger partial charge in [0.15, 0.2) is 0 Å². The minimum atomic E-state index is -0.449. The van der Waals surface area contributed by atoms with E-state index in [4.69, 9.17) is 10.5 Å². The molecule has 2 aliphatic rings. The highest BCUT2D eigenvalue weighted by molar-refractivity contribution is 6.07. The highest BCUT2D eigenvalue weighted by Gasteiger charge is 2.30. The van der Waals surface area contributed by atoms with Crippen molar-refractivity contribution >= 4 is 48.0 Å². The summed E-state index contributed by atoms with van der Waals surface area (Å²) in [5, 5.41) is 2.92. The number of amides is 2. The van der Waals surface area contributed by atoms with Gasteiger partial charge in [0.25, 0.3) is 11.8 Å². The van der Waals surface area contributed by atoms with Crippen LogP contribution in [-0.4, -0.2) is 42.1 Å². The molecule has 1 saturated heterocycles. The number of nitrogens with zero attached hydrogens (tertiary/aromatic N) is 2. The molecule has 0 bridgehead atoms. The standard InChI is InChI=1S/C20H22N4O3.2ClH/c21-11-16-4-6-18(27-16)19(25)23-15-3-5-17-13(10-15)7-9-24(17)20(26)14-2-1-8-22-12-14;;/h1-3,5,8,10,12,16,18H,4,6-7,9,11,21H2,(H,23,25);2*1H/t16-,18+;;/m1../s1. The maximum Gasteiger partial charge on any atom is 0.259 e. The second-order valence-electron chi connectivity index (χ2n) is 6.84. The molecule has 156 valence electrons. The molecular formula is C20H24Cl2N4O3. The lowest BCUT2D eigenvalue weighted by Crippen LogP contribution is -2.30. The van der Waals surface area contributed by atoms with Crippen LogP contribution in [0.3, 0.4) is 0 Å². The zero-order valence-electron chi connectivity index (χ0n) is 15.7. The largest absolute Gasteiger partial charge is 0.364 e. The number of nitrogens with one attached hydrogen (secondary N) is 1. The van der Waals surface area contributed by atoms with E-state index >= 15 is 0 Å². The van der Waals surface area contributed by atoms with Crippen LogP contribution in [-0.2, 0) is 16.0 Å². The number of pyridine rings is 1. The molecule has 3 heterocycles. The molecule has 2 aromatic rings. The van der Waals surface area contributed by atoms with Gasteiger partial charge in [-0.1, -0.05) is 0 Å². The Bertz CT molecular complexity index is 866. The molecule has 0 radical (unpaired) electrons. The third-order valence-corrected chi connectivity index (χ3v) is 5.06. The minimum absolute atomic E-state index is 0. The van der Waals surface area contributed by atoms with Crippen molar-refractivity contribution in [1.29, 1.82) is 0 Å².